The van der Waals surface area contributed by atoms with E-state index < -0.39 is 18.3 Å². The van der Waals surface area contributed by atoms with Gasteiger partial charge in [0.05, 0.1) is 5.56 Å². The smallest absolute Gasteiger partial charge is 0.388 e. The molecule has 1 aromatic rings. The number of ketones is 1. The molecule has 0 saturated carbocycles. The van der Waals surface area contributed by atoms with E-state index in [0.29, 0.717) is 44.6 Å². The summed E-state index contributed by atoms with van der Waals surface area (Å²) < 4.78 is 38.5. The summed E-state index contributed by atoms with van der Waals surface area (Å²) >= 11 is 5.76. The monoisotopic (exact) mass is 513 g/mol. The van der Waals surface area contributed by atoms with Crippen LogP contribution in [0.25, 0.3) is 0 Å². The van der Waals surface area contributed by atoms with Gasteiger partial charge in [0.15, 0.2) is 5.78 Å². The lowest BCUT2D eigenvalue weighted by atomic mass is 9.94. The first-order chi connectivity index (χ1) is 16.7. The molecule has 2 N–H and O–H groups in total. The van der Waals surface area contributed by atoms with Gasteiger partial charge in [-0.1, -0.05) is 35.4 Å². The third kappa shape index (κ3) is 9.11. The van der Waals surface area contributed by atoms with Crippen molar-refractivity contribution in [1.82, 2.24) is 10.2 Å². The molecule has 1 atom stereocenters. The van der Waals surface area contributed by atoms with Gasteiger partial charge in [0.2, 0.25) is 0 Å². The number of halogens is 4. The van der Waals surface area contributed by atoms with Crippen molar-refractivity contribution < 1.29 is 23.1 Å². The second kappa shape index (κ2) is 14.4. The number of aliphatic hydroxyl groups is 1. The lowest BCUT2D eigenvalue weighted by Crippen LogP contribution is -2.49. The van der Waals surface area contributed by atoms with Crippen molar-refractivity contribution in [3.63, 3.8) is 0 Å². The summed E-state index contributed by atoms with van der Waals surface area (Å²) in [5.41, 5.74) is 3.09. The van der Waals surface area contributed by atoms with Crippen LogP contribution in [0.1, 0.15) is 32.3 Å². The van der Waals surface area contributed by atoms with Crippen molar-refractivity contribution in [1.29, 1.82) is 0 Å². The van der Waals surface area contributed by atoms with Crippen LogP contribution in [0.5, 0.6) is 0 Å². The maximum atomic E-state index is 12.8. The minimum Gasteiger partial charge on any atom is -0.388 e. The van der Waals surface area contributed by atoms with Crippen LogP contribution in [-0.4, -0.2) is 67.7 Å². The lowest BCUT2D eigenvalue weighted by Gasteiger charge is -2.39. The van der Waals surface area contributed by atoms with E-state index in [-0.39, 0.29) is 11.8 Å². The Morgan fingerprint density at radius 1 is 1.17 bits per heavy atom. The van der Waals surface area contributed by atoms with E-state index >= 15 is 0 Å². The number of allylic oxidation sites excluding steroid dienone is 2. The fourth-order valence-corrected chi connectivity index (χ4v) is 4.29. The summed E-state index contributed by atoms with van der Waals surface area (Å²) in [6, 6.07) is 5.43. The van der Waals surface area contributed by atoms with E-state index in [1.807, 2.05) is 19.1 Å². The fraction of sp³-hybridized carbons (Fsp3) is 0.500. The molecule has 1 unspecified atom stereocenters. The maximum Gasteiger partial charge on any atom is 0.416 e. The van der Waals surface area contributed by atoms with Crippen molar-refractivity contribution in [2.45, 2.75) is 38.9 Å². The molecule has 1 aliphatic rings. The van der Waals surface area contributed by atoms with Crippen LogP contribution < -0.4 is 10.2 Å². The zero-order valence-corrected chi connectivity index (χ0v) is 21.1. The van der Waals surface area contributed by atoms with Gasteiger partial charge in [-0.25, -0.2) is 0 Å². The number of nitrogens with one attached hydrogen (secondary N) is 1. The molecule has 1 fully saturated rings. The summed E-state index contributed by atoms with van der Waals surface area (Å²) in [5.74, 6) is -0.296. The molecule has 0 aliphatic carbocycles. The summed E-state index contributed by atoms with van der Waals surface area (Å²) in [7, 11) is 0. The van der Waals surface area contributed by atoms with Gasteiger partial charge in [0, 0.05) is 62.1 Å². The highest BCUT2D eigenvalue weighted by molar-refractivity contribution is 6.25. The molecule has 9 heteroatoms. The fourth-order valence-electron chi connectivity index (χ4n) is 4.20. The SMILES string of the molecule is C/C=C\CNC/C(C(=O)CO)=C(\C/C=C/Cl)CC(C)N1CCN(c2ccc(C(F)(F)F)cc2)CC1. The van der Waals surface area contributed by atoms with E-state index in [1.54, 1.807) is 6.08 Å². The van der Waals surface area contributed by atoms with Gasteiger partial charge in [0.25, 0.3) is 0 Å². The first-order valence-corrected chi connectivity index (χ1v) is 12.2. The quantitative estimate of drug-likeness (QED) is 0.239. The topological polar surface area (TPSA) is 55.8 Å². The largest absolute Gasteiger partial charge is 0.416 e. The molecule has 0 spiro atoms. The predicted octanol–water partition coefficient (Wildman–Crippen LogP) is 4.77. The molecule has 0 bridgehead atoms. The number of benzene rings is 1. The van der Waals surface area contributed by atoms with Crippen molar-refractivity contribution in [2.75, 3.05) is 50.8 Å². The zero-order chi connectivity index (χ0) is 25.8. The summed E-state index contributed by atoms with van der Waals surface area (Å²) in [4.78, 5) is 16.9. The van der Waals surface area contributed by atoms with Crippen molar-refractivity contribution in [2.24, 2.45) is 0 Å². The minimum absolute atomic E-state index is 0.139. The molecule has 194 valence electrons. The lowest BCUT2D eigenvalue weighted by molar-refractivity contribution is -0.137. The number of hydrogen-bond donors (Lipinski definition) is 2. The van der Waals surface area contributed by atoms with Crippen LogP contribution in [0, 0.1) is 0 Å². The van der Waals surface area contributed by atoms with Crippen LogP contribution in [0.2, 0.25) is 0 Å². The number of Topliss-reactive ketones (excluding diaryl/α,β-unsaturated/α-hetero) is 1. The molecular weight excluding hydrogens is 479 g/mol. The molecule has 0 aromatic heterocycles. The highest BCUT2D eigenvalue weighted by Gasteiger charge is 2.30. The average Bonchev–Trinajstić information content (AvgIpc) is 2.86. The molecule has 0 amide bonds. The Balaban J connectivity index is 2.06. The van der Waals surface area contributed by atoms with Crippen LogP contribution in [-0.2, 0) is 11.0 Å². The Labute approximate surface area is 210 Å². The van der Waals surface area contributed by atoms with E-state index in [9.17, 15) is 23.1 Å². The van der Waals surface area contributed by atoms with Crippen LogP contribution in [0.15, 0.2) is 59.2 Å². The number of carbonyl (C=O) groups excluding carboxylic acids is 1. The number of aliphatic hydroxyl groups excluding tert-OH is 1. The first kappa shape index (κ1) is 29.1. The molecule has 35 heavy (non-hydrogen) atoms. The van der Waals surface area contributed by atoms with Gasteiger partial charge in [-0.15, -0.1) is 0 Å². The van der Waals surface area contributed by atoms with E-state index in [0.717, 1.165) is 36.5 Å². The average molecular weight is 514 g/mol. The molecule has 1 saturated heterocycles. The highest BCUT2D eigenvalue weighted by Crippen LogP contribution is 2.31. The predicted molar refractivity (Wildman–Crippen MR) is 136 cm³/mol. The molecule has 1 heterocycles. The molecule has 0 radical (unpaired) electrons. The molecule has 1 aliphatic heterocycles. The standard InChI is InChI=1S/C26H35ClF3N3O2/c1-3-4-12-31-18-24(25(35)19-34)21(6-5-11-27)17-20(2)32-13-15-33(16-14-32)23-9-7-22(8-10-23)26(28,29)30/h3-5,7-11,20,31,34H,6,12-19H2,1-2H3/b4-3-,11-5+,24-21-. The van der Waals surface area contributed by atoms with Gasteiger partial charge in [-0.2, -0.15) is 13.2 Å². The zero-order valence-electron chi connectivity index (χ0n) is 20.3. The molecular formula is C26H35ClF3N3O2. The Kier molecular flexibility index (Phi) is 12.0. The van der Waals surface area contributed by atoms with Crippen molar-refractivity contribution >= 4 is 23.1 Å². The Bertz CT molecular complexity index is 890. The Morgan fingerprint density at radius 3 is 2.37 bits per heavy atom. The number of nitrogens with zero attached hydrogens (tertiary/aromatic N) is 2. The molecule has 5 nitrogen and oxygen atoms in total. The normalized spacial score (nSPS) is 17.3. The number of carbonyl (C=O) groups is 1. The summed E-state index contributed by atoms with van der Waals surface area (Å²) in [6.07, 6.45) is 2.50. The maximum absolute atomic E-state index is 12.8. The van der Waals surface area contributed by atoms with Crippen LogP contribution >= 0.6 is 11.6 Å². The highest BCUT2D eigenvalue weighted by atomic mass is 35.5. The van der Waals surface area contributed by atoms with Gasteiger partial charge in [0.1, 0.15) is 6.61 Å². The molecule has 1 aromatic carbocycles. The van der Waals surface area contributed by atoms with Crippen LogP contribution in [0.4, 0.5) is 18.9 Å². The van der Waals surface area contributed by atoms with Gasteiger partial charge in [-0.05, 0) is 51.0 Å². The second-order valence-electron chi connectivity index (χ2n) is 8.55. The summed E-state index contributed by atoms with van der Waals surface area (Å²) in [6.45, 7) is 7.37. The van der Waals surface area contributed by atoms with E-state index in [4.69, 9.17) is 11.6 Å². The van der Waals surface area contributed by atoms with Crippen molar-refractivity contribution in [3.8, 4) is 0 Å². The van der Waals surface area contributed by atoms with E-state index in [2.05, 4.69) is 22.0 Å². The number of alkyl halides is 3. The third-order valence-electron chi connectivity index (χ3n) is 6.20. The first-order valence-electron chi connectivity index (χ1n) is 11.8. The molecule has 2 rings (SSSR count). The second-order valence-corrected chi connectivity index (χ2v) is 8.80. The number of anilines is 1. The van der Waals surface area contributed by atoms with Crippen LogP contribution in [0.3, 0.4) is 0 Å². The number of rotatable bonds is 12. The Hall–Kier alpha value is -2.13. The van der Waals surface area contributed by atoms with Gasteiger partial charge < -0.3 is 15.3 Å². The van der Waals surface area contributed by atoms with Gasteiger partial charge in [-0.3, -0.25) is 9.69 Å². The minimum atomic E-state index is -4.34. The summed E-state index contributed by atoms with van der Waals surface area (Å²) in [5, 5.41) is 12.7. The third-order valence-corrected chi connectivity index (χ3v) is 6.38. The van der Waals surface area contributed by atoms with Crippen molar-refractivity contribution in [3.05, 3.63) is 64.7 Å². The van der Waals surface area contributed by atoms with Gasteiger partial charge >= 0.3 is 6.18 Å². The van der Waals surface area contributed by atoms with E-state index in [1.165, 1.54) is 17.7 Å². The number of piperazine rings is 1. The Morgan fingerprint density at radius 2 is 1.83 bits per heavy atom. The number of hydrogen-bond acceptors (Lipinski definition) is 5.